The predicted molar refractivity (Wildman–Crippen MR) is 73.1 cm³/mol. The molecule has 0 aromatic heterocycles. The number of hydrogen-bond donors (Lipinski definition) is 1. The van der Waals surface area contributed by atoms with Crippen LogP contribution in [-0.4, -0.2) is 5.11 Å². The molecule has 17 heavy (non-hydrogen) atoms. The highest BCUT2D eigenvalue weighted by atomic mass is 32.2. The molecule has 0 spiro atoms. The van der Waals surface area contributed by atoms with Crippen LogP contribution < -0.4 is 0 Å². The normalized spacial score (nSPS) is 10.5. The van der Waals surface area contributed by atoms with Gasteiger partial charge in [-0.3, -0.25) is 0 Å². The van der Waals surface area contributed by atoms with Crippen LogP contribution in [0.1, 0.15) is 16.7 Å². The molecule has 2 aromatic carbocycles. The summed E-state index contributed by atoms with van der Waals surface area (Å²) in [5.74, 6) is 0.985. The number of hydrogen-bond acceptors (Lipinski definition) is 2. The van der Waals surface area contributed by atoms with E-state index in [1.165, 1.54) is 10.5 Å². The fourth-order valence-corrected chi connectivity index (χ4v) is 2.63. The van der Waals surface area contributed by atoms with Crippen molar-refractivity contribution in [3.8, 4) is 0 Å². The van der Waals surface area contributed by atoms with E-state index < -0.39 is 0 Å². The largest absolute Gasteiger partial charge is 0.392 e. The molecule has 0 atom stereocenters. The van der Waals surface area contributed by atoms with Crippen molar-refractivity contribution in [1.82, 2.24) is 0 Å². The second kappa shape index (κ2) is 5.89. The van der Waals surface area contributed by atoms with Gasteiger partial charge in [0.05, 0.1) is 6.61 Å². The van der Waals surface area contributed by atoms with E-state index in [1.807, 2.05) is 30.8 Å². The monoisotopic (exact) mass is 244 g/mol. The third-order valence-electron chi connectivity index (χ3n) is 2.73. The number of rotatable bonds is 4. The van der Waals surface area contributed by atoms with Crippen molar-refractivity contribution in [3.63, 3.8) is 0 Å². The molecule has 0 bridgehead atoms. The van der Waals surface area contributed by atoms with E-state index in [1.54, 1.807) is 0 Å². The Bertz CT molecular complexity index is 480. The zero-order valence-corrected chi connectivity index (χ0v) is 10.7. The zero-order chi connectivity index (χ0) is 12.1. The molecule has 0 amide bonds. The van der Waals surface area contributed by atoms with Crippen molar-refractivity contribution in [2.24, 2.45) is 0 Å². The molecule has 0 saturated carbocycles. The third-order valence-corrected chi connectivity index (χ3v) is 3.80. The number of aliphatic hydroxyl groups excluding tert-OH is 1. The molecule has 0 unspecified atom stereocenters. The molecule has 0 aliphatic carbocycles. The molecule has 0 saturated heterocycles. The van der Waals surface area contributed by atoms with E-state index in [4.69, 9.17) is 5.11 Å². The quantitative estimate of drug-likeness (QED) is 0.826. The maximum absolute atomic E-state index is 9.11. The van der Waals surface area contributed by atoms with Crippen LogP contribution in [0, 0.1) is 6.92 Å². The van der Waals surface area contributed by atoms with Crippen LogP contribution in [0.25, 0.3) is 0 Å². The van der Waals surface area contributed by atoms with Crippen molar-refractivity contribution in [2.75, 3.05) is 0 Å². The van der Waals surface area contributed by atoms with Crippen molar-refractivity contribution >= 4 is 11.8 Å². The Balaban J connectivity index is 2.02. The average molecular weight is 244 g/mol. The summed E-state index contributed by atoms with van der Waals surface area (Å²) in [6.45, 7) is 2.16. The summed E-state index contributed by atoms with van der Waals surface area (Å²) < 4.78 is 0. The molecular weight excluding hydrogens is 228 g/mol. The summed E-state index contributed by atoms with van der Waals surface area (Å²) in [6, 6.07) is 16.7. The molecule has 1 N–H and O–H groups in total. The van der Waals surface area contributed by atoms with E-state index in [2.05, 4.69) is 36.4 Å². The van der Waals surface area contributed by atoms with Gasteiger partial charge in [0.1, 0.15) is 0 Å². The molecule has 0 heterocycles. The Morgan fingerprint density at radius 1 is 1.06 bits per heavy atom. The molecular formula is C15H16OS. The Labute approximate surface area is 107 Å². The zero-order valence-electron chi connectivity index (χ0n) is 9.89. The first-order chi connectivity index (χ1) is 8.29. The van der Waals surface area contributed by atoms with Gasteiger partial charge in [0.2, 0.25) is 0 Å². The first-order valence-corrected chi connectivity index (χ1v) is 6.65. The van der Waals surface area contributed by atoms with Crippen LogP contribution >= 0.6 is 11.8 Å². The van der Waals surface area contributed by atoms with Gasteiger partial charge in [0, 0.05) is 10.6 Å². The number of aliphatic hydroxyl groups is 1. The highest BCUT2D eigenvalue weighted by Crippen LogP contribution is 2.24. The molecule has 1 nitrogen and oxygen atoms in total. The van der Waals surface area contributed by atoms with Crippen LogP contribution in [-0.2, 0) is 12.4 Å². The fourth-order valence-electron chi connectivity index (χ4n) is 1.68. The van der Waals surface area contributed by atoms with Gasteiger partial charge in [-0.2, -0.15) is 0 Å². The topological polar surface area (TPSA) is 20.2 Å². The molecule has 88 valence electrons. The van der Waals surface area contributed by atoms with Gasteiger partial charge in [-0.05, 0) is 35.7 Å². The summed E-state index contributed by atoms with van der Waals surface area (Å²) in [7, 11) is 0. The van der Waals surface area contributed by atoms with E-state index in [9.17, 15) is 0 Å². The van der Waals surface area contributed by atoms with E-state index in [0.717, 1.165) is 16.9 Å². The summed E-state index contributed by atoms with van der Waals surface area (Å²) in [4.78, 5) is 1.25. The lowest BCUT2D eigenvalue weighted by molar-refractivity contribution is 0.281. The van der Waals surface area contributed by atoms with Crippen LogP contribution in [0.5, 0.6) is 0 Å². The van der Waals surface area contributed by atoms with Gasteiger partial charge in [-0.25, -0.2) is 0 Å². The Morgan fingerprint density at radius 2 is 1.82 bits per heavy atom. The Morgan fingerprint density at radius 3 is 2.47 bits per heavy atom. The standard InChI is InChI=1S/C15H16OS/c1-12-9-15(8-7-14(12)10-16)17-11-13-5-3-2-4-6-13/h2-9,16H,10-11H2,1H3. The molecule has 2 heteroatoms. The molecule has 0 aliphatic heterocycles. The molecule has 2 aromatic rings. The molecule has 0 radical (unpaired) electrons. The highest BCUT2D eigenvalue weighted by Gasteiger charge is 2.00. The van der Waals surface area contributed by atoms with Crippen molar-refractivity contribution in [3.05, 3.63) is 65.2 Å². The lowest BCUT2D eigenvalue weighted by atomic mass is 10.1. The maximum Gasteiger partial charge on any atom is 0.0684 e. The van der Waals surface area contributed by atoms with Gasteiger partial charge in [-0.1, -0.05) is 36.4 Å². The van der Waals surface area contributed by atoms with E-state index in [-0.39, 0.29) is 6.61 Å². The lowest BCUT2D eigenvalue weighted by Gasteiger charge is -2.06. The minimum absolute atomic E-state index is 0.121. The molecule has 0 aliphatic rings. The minimum atomic E-state index is 0.121. The van der Waals surface area contributed by atoms with Crippen molar-refractivity contribution < 1.29 is 5.11 Å². The first-order valence-electron chi connectivity index (χ1n) is 5.66. The van der Waals surface area contributed by atoms with Gasteiger partial charge >= 0.3 is 0 Å². The predicted octanol–water partition coefficient (Wildman–Crippen LogP) is 3.78. The summed E-state index contributed by atoms with van der Waals surface area (Å²) >= 11 is 1.83. The maximum atomic E-state index is 9.11. The first kappa shape index (κ1) is 12.2. The van der Waals surface area contributed by atoms with Crippen LogP contribution in [0.2, 0.25) is 0 Å². The lowest BCUT2D eigenvalue weighted by Crippen LogP contribution is -1.88. The average Bonchev–Trinajstić information content (AvgIpc) is 2.38. The van der Waals surface area contributed by atoms with Gasteiger partial charge < -0.3 is 5.11 Å². The van der Waals surface area contributed by atoms with Gasteiger partial charge in [-0.15, -0.1) is 11.8 Å². The summed E-state index contributed by atoms with van der Waals surface area (Å²) in [5.41, 5.74) is 3.50. The van der Waals surface area contributed by atoms with Crippen LogP contribution in [0.4, 0.5) is 0 Å². The molecule has 0 fully saturated rings. The summed E-state index contributed by atoms with van der Waals surface area (Å²) in [6.07, 6.45) is 0. The van der Waals surface area contributed by atoms with Crippen molar-refractivity contribution in [2.45, 2.75) is 24.2 Å². The number of thioether (sulfide) groups is 1. The number of aryl methyl sites for hydroxylation is 1. The van der Waals surface area contributed by atoms with Crippen LogP contribution in [0.3, 0.4) is 0 Å². The fraction of sp³-hybridized carbons (Fsp3) is 0.200. The van der Waals surface area contributed by atoms with Crippen molar-refractivity contribution in [1.29, 1.82) is 0 Å². The SMILES string of the molecule is Cc1cc(SCc2ccccc2)ccc1CO. The van der Waals surface area contributed by atoms with E-state index in [0.29, 0.717) is 0 Å². The van der Waals surface area contributed by atoms with Crippen LogP contribution in [0.15, 0.2) is 53.4 Å². The van der Waals surface area contributed by atoms with Gasteiger partial charge in [0.25, 0.3) is 0 Å². The third kappa shape index (κ3) is 3.35. The smallest absolute Gasteiger partial charge is 0.0684 e. The highest BCUT2D eigenvalue weighted by molar-refractivity contribution is 7.98. The Kier molecular flexibility index (Phi) is 4.24. The second-order valence-corrected chi connectivity index (χ2v) is 5.07. The Hall–Kier alpha value is -1.25. The number of benzene rings is 2. The molecule has 2 rings (SSSR count). The van der Waals surface area contributed by atoms with E-state index >= 15 is 0 Å². The van der Waals surface area contributed by atoms with Gasteiger partial charge in [0.15, 0.2) is 0 Å². The minimum Gasteiger partial charge on any atom is -0.392 e. The summed E-state index contributed by atoms with van der Waals surface area (Å²) in [5, 5.41) is 9.11. The second-order valence-electron chi connectivity index (χ2n) is 4.02.